The van der Waals surface area contributed by atoms with Gasteiger partial charge in [-0.25, -0.2) is 0 Å². The molecule has 1 aliphatic heterocycles. The van der Waals surface area contributed by atoms with E-state index in [-0.39, 0.29) is 11.5 Å². The van der Waals surface area contributed by atoms with E-state index in [0.29, 0.717) is 25.2 Å². The molecule has 1 amide bonds. The lowest BCUT2D eigenvalue weighted by atomic mass is 10.1. The molecule has 1 aliphatic rings. The fourth-order valence-electron chi connectivity index (χ4n) is 3.64. The Bertz CT molecular complexity index is 1110. The summed E-state index contributed by atoms with van der Waals surface area (Å²) in [6.07, 6.45) is 4.11. The summed E-state index contributed by atoms with van der Waals surface area (Å²) >= 11 is 0. The molecule has 1 aromatic carbocycles. The first kappa shape index (κ1) is 19.8. The number of hydrogen-bond acceptors (Lipinski definition) is 5. The highest BCUT2D eigenvalue weighted by atomic mass is 16.2. The summed E-state index contributed by atoms with van der Waals surface area (Å²) in [5.41, 5.74) is 3.54. The van der Waals surface area contributed by atoms with Crippen molar-refractivity contribution in [3.63, 3.8) is 0 Å². The molecule has 7 heteroatoms. The zero-order valence-corrected chi connectivity index (χ0v) is 17.3. The maximum absolute atomic E-state index is 12.8. The molecule has 1 fully saturated rings. The first-order valence-corrected chi connectivity index (χ1v) is 10.2. The van der Waals surface area contributed by atoms with Crippen LogP contribution in [-0.4, -0.2) is 51.8 Å². The van der Waals surface area contributed by atoms with Crippen LogP contribution in [-0.2, 0) is 0 Å². The Morgan fingerprint density at radius 1 is 0.900 bits per heavy atom. The van der Waals surface area contributed by atoms with Crippen LogP contribution in [0.5, 0.6) is 0 Å². The lowest BCUT2D eigenvalue weighted by Gasteiger charge is -2.23. The summed E-state index contributed by atoms with van der Waals surface area (Å²) in [6, 6.07) is 12.7. The number of anilines is 1. The largest absolute Gasteiger partial charge is 0.353 e. The molecule has 3 heterocycles. The number of benzene rings is 1. The number of pyridine rings is 1. The highest BCUT2D eigenvalue weighted by Gasteiger charge is 2.21. The smallest absolute Gasteiger partial charge is 0.271 e. The maximum Gasteiger partial charge on any atom is 0.271 e. The van der Waals surface area contributed by atoms with Crippen molar-refractivity contribution in [1.29, 1.82) is 0 Å². The van der Waals surface area contributed by atoms with Crippen LogP contribution in [0.1, 0.15) is 27.9 Å². The topological polar surface area (TPSA) is 71.3 Å². The van der Waals surface area contributed by atoms with E-state index in [1.165, 1.54) is 10.2 Å². The highest BCUT2D eigenvalue weighted by Crippen LogP contribution is 2.16. The summed E-state index contributed by atoms with van der Waals surface area (Å²) in [5.74, 6) is 0.762. The Labute approximate surface area is 175 Å². The average Bonchev–Trinajstić information content (AvgIpc) is 3.02. The number of aromatic nitrogens is 3. The number of aryl methyl sites for hydroxylation is 2. The minimum Gasteiger partial charge on any atom is -0.353 e. The van der Waals surface area contributed by atoms with Gasteiger partial charge < -0.3 is 9.80 Å². The van der Waals surface area contributed by atoms with Gasteiger partial charge in [-0.1, -0.05) is 6.07 Å². The summed E-state index contributed by atoms with van der Waals surface area (Å²) in [5, 5.41) is 4.63. The second kappa shape index (κ2) is 8.49. The number of carbonyl (C=O) groups is 1. The molecule has 0 aliphatic carbocycles. The third kappa shape index (κ3) is 4.10. The summed E-state index contributed by atoms with van der Waals surface area (Å²) < 4.78 is 1.45. The van der Waals surface area contributed by atoms with Crippen molar-refractivity contribution in [2.75, 3.05) is 31.1 Å². The van der Waals surface area contributed by atoms with Crippen LogP contribution in [0.2, 0.25) is 0 Å². The Kier molecular flexibility index (Phi) is 5.61. The highest BCUT2D eigenvalue weighted by molar-refractivity contribution is 5.94. The molecule has 30 heavy (non-hydrogen) atoms. The number of hydrogen-bond donors (Lipinski definition) is 0. The van der Waals surface area contributed by atoms with Crippen LogP contribution >= 0.6 is 0 Å². The van der Waals surface area contributed by atoms with Gasteiger partial charge in [0.2, 0.25) is 0 Å². The lowest BCUT2D eigenvalue weighted by Crippen LogP contribution is -2.36. The minimum atomic E-state index is -0.161. The van der Waals surface area contributed by atoms with Gasteiger partial charge in [-0.15, -0.1) is 5.10 Å². The molecule has 0 N–H and O–H groups in total. The van der Waals surface area contributed by atoms with Gasteiger partial charge in [0.15, 0.2) is 0 Å². The van der Waals surface area contributed by atoms with E-state index in [1.54, 1.807) is 36.7 Å². The van der Waals surface area contributed by atoms with Gasteiger partial charge in [-0.2, -0.15) is 4.68 Å². The normalized spacial score (nSPS) is 14.5. The molecular weight excluding hydrogens is 378 g/mol. The Morgan fingerprint density at radius 3 is 2.47 bits per heavy atom. The maximum atomic E-state index is 12.8. The van der Waals surface area contributed by atoms with Crippen molar-refractivity contribution in [3.05, 3.63) is 81.9 Å². The van der Waals surface area contributed by atoms with Crippen LogP contribution in [0.3, 0.4) is 0 Å². The summed E-state index contributed by atoms with van der Waals surface area (Å²) in [6.45, 7) is 6.80. The van der Waals surface area contributed by atoms with E-state index in [0.717, 1.165) is 30.0 Å². The van der Waals surface area contributed by atoms with Crippen LogP contribution < -0.4 is 10.5 Å². The number of amides is 1. The molecule has 2 aromatic heterocycles. The molecule has 4 rings (SSSR count). The second-order valence-corrected chi connectivity index (χ2v) is 7.58. The lowest BCUT2D eigenvalue weighted by molar-refractivity contribution is 0.0767. The molecule has 0 bridgehead atoms. The van der Waals surface area contributed by atoms with E-state index in [2.05, 4.69) is 15.0 Å². The van der Waals surface area contributed by atoms with Crippen LogP contribution in [0.25, 0.3) is 5.69 Å². The van der Waals surface area contributed by atoms with Crippen molar-refractivity contribution in [1.82, 2.24) is 19.7 Å². The van der Waals surface area contributed by atoms with Crippen LogP contribution in [0.4, 0.5) is 5.82 Å². The third-order valence-corrected chi connectivity index (χ3v) is 5.56. The molecule has 0 atom stereocenters. The fraction of sp³-hybridized carbons (Fsp3) is 0.304. The Hall–Kier alpha value is -3.48. The fourth-order valence-corrected chi connectivity index (χ4v) is 3.64. The van der Waals surface area contributed by atoms with E-state index in [9.17, 15) is 9.59 Å². The number of carbonyl (C=O) groups excluding carboxylic acids is 1. The molecular formula is C23H25N5O2. The first-order chi connectivity index (χ1) is 14.5. The average molecular weight is 403 g/mol. The predicted molar refractivity (Wildman–Crippen MR) is 116 cm³/mol. The minimum absolute atomic E-state index is 0.0207. The van der Waals surface area contributed by atoms with Crippen molar-refractivity contribution >= 4 is 11.7 Å². The standard InChI is InChI=1S/C23H25N5O2/c1-17-4-5-20(16-18(17)2)28-22(29)7-6-21(25-28)26-12-3-13-27(15-14-26)23(30)19-8-10-24-11-9-19/h4-11,16H,3,12-15H2,1-2H3. The SMILES string of the molecule is Cc1ccc(-n2nc(N3CCCN(C(=O)c4ccncc4)CC3)ccc2=O)cc1C. The molecule has 0 spiro atoms. The third-order valence-electron chi connectivity index (χ3n) is 5.56. The van der Waals surface area contributed by atoms with Gasteiger partial charge in [0.05, 0.1) is 5.69 Å². The molecule has 0 unspecified atom stereocenters. The van der Waals surface area contributed by atoms with Crippen molar-refractivity contribution < 1.29 is 4.79 Å². The number of rotatable bonds is 3. The van der Waals surface area contributed by atoms with Crippen molar-refractivity contribution in [3.8, 4) is 5.69 Å². The van der Waals surface area contributed by atoms with Crippen molar-refractivity contribution in [2.45, 2.75) is 20.3 Å². The first-order valence-electron chi connectivity index (χ1n) is 10.2. The quantitative estimate of drug-likeness (QED) is 0.672. The Balaban J connectivity index is 1.54. The van der Waals surface area contributed by atoms with Gasteiger partial charge in [-0.05, 0) is 61.7 Å². The van der Waals surface area contributed by atoms with E-state index >= 15 is 0 Å². The van der Waals surface area contributed by atoms with Gasteiger partial charge in [0, 0.05) is 50.2 Å². The van der Waals surface area contributed by atoms with Crippen LogP contribution in [0.15, 0.2) is 59.7 Å². The predicted octanol–water partition coefficient (Wildman–Crippen LogP) is 2.60. The van der Waals surface area contributed by atoms with E-state index in [1.807, 2.05) is 36.9 Å². The molecule has 0 radical (unpaired) electrons. The second-order valence-electron chi connectivity index (χ2n) is 7.58. The molecule has 0 saturated carbocycles. The van der Waals surface area contributed by atoms with Gasteiger partial charge in [0.25, 0.3) is 11.5 Å². The zero-order valence-electron chi connectivity index (χ0n) is 17.3. The van der Waals surface area contributed by atoms with Gasteiger partial charge >= 0.3 is 0 Å². The van der Waals surface area contributed by atoms with Crippen LogP contribution in [0, 0.1) is 13.8 Å². The Morgan fingerprint density at radius 2 is 1.70 bits per heavy atom. The molecule has 3 aromatic rings. The molecule has 7 nitrogen and oxygen atoms in total. The van der Waals surface area contributed by atoms with Gasteiger partial charge in [-0.3, -0.25) is 14.6 Å². The van der Waals surface area contributed by atoms with E-state index < -0.39 is 0 Å². The molecule has 1 saturated heterocycles. The monoisotopic (exact) mass is 403 g/mol. The van der Waals surface area contributed by atoms with Crippen molar-refractivity contribution in [2.24, 2.45) is 0 Å². The summed E-state index contributed by atoms with van der Waals surface area (Å²) in [7, 11) is 0. The zero-order chi connectivity index (χ0) is 21.1. The van der Waals surface area contributed by atoms with E-state index in [4.69, 9.17) is 0 Å². The van der Waals surface area contributed by atoms with Gasteiger partial charge in [0.1, 0.15) is 5.82 Å². The molecule has 154 valence electrons. The summed E-state index contributed by atoms with van der Waals surface area (Å²) in [4.78, 5) is 33.2. The number of nitrogens with zero attached hydrogens (tertiary/aromatic N) is 5.